The van der Waals surface area contributed by atoms with E-state index < -0.39 is 84.8 Å². The van der Waals surface area contributed by atoms with Crippen LogP contribution in [0.3, 0.4) is 0 Å². The summed E-state index contributed by atoms with van der Waals surface area (Å²) < 4.78 is 37.8. The average molecular weight is 725 g/mol. The van der Waals surface area contributed by atoms with E-state index in [1.807, 2.05) is 6.92 Å². The third-order valence-corrected chi connectivity index (χ3v) is 15.4. The molecule has 0 unspecified atom stereocenters. The van der Waals surface area contributed by atoms with Crippen molar-refractivity contribution in [3.63, 3.8) is 0 Å². The molecule has 0 bridgehead atoms. The molecule has 0 aromatic rings. The van der Waals surface area contributed by atoms with E-state index in [4.69, 9.17) is 28.4 Å². The van der Waals surface area contributed by atoms with E-state index in [0.29, 0.717) is 43.6 Å². The van der Waals surface area contributed by atoms with Crippen LogP contribution in [0.15, 0.2) is 11.6 Å². The largest absolute Gasteiger partial charge is 0.393 e. The highest BCUT2D eigenvalue weighted by atomic mass is 16.8. The van der Waals surface area contributed by atoms with Gasteiger partial charge in [0.2, 0.25) is 0 Å². The monoisotopic (exact) mass is 724 g/mol. The molecule has 4 aliphatic carbocycles. The Morgan fingerprint density at radius 3 is 2.33 bits per heavy atom. The van der Waals surface area contributed by atoms with Gasteiger partial charge in [-0.2, -0.15) is 0 Å². The lowest BCUT2D eigenvalue weighted by Crippen LogP contribution is -2.63. The SMILES string of the molecule is C[C@@H]1O[C@@H](O[C@H]2[C@@H](O[C@@H]3C[C@H](O)CC4=CC[C@H]5[C@@H]6C[C@@H]7O[C@]8(C[C@H](O)[C@@H](C)CO8)[C@@H](C)[C@@H]7[C@@]6(C)CC[C@@H]5[C@]43C)OC[C@@H](O)[C@H]2O)[C@H](O)[C@H](O)[C@H]1O. The molecule has 1 spiro atoms. The molecule has 7 N–H and O–H groups in total. The van der Waals surface area contributed by atoms with Gasteiger partial charge in [-0.3, -0.25) is 0 Å². The molecular formula is C38H60O13. The first-order chi connectivity index (χ1) is 24.1. The summed E-state index contributed by atoms with van der Waals surface area (Å²) >= 11 is 0. The van der Waals surface area contributed by atoms with E-state index in [1.54, 1.807) is 0 Å². The predicted octanol–water partition coefficient (Wildman–Crippen LogP) is 0.971. The number of hydrogen-bond donors (Lipinski definition) is 7. The standard InChI is InChI=1S/C38H60O13/c1-16-14-47-38(13-24(16)40)17(2)28-26(51-38)12-23-21-7-6-19-10-20(39)11-27(37(19,5)22(21)8-9-36(23,28)4)49-35-33(30(43)25(41)15-46-35)50-34-32(45)31(44)29(42)18(3)48-34/h6,16-18,20-35,39-45H,7-15H2,1-5H3/t16-,17-,18-,20+,21+,22-,23-,24-,25+,26-,27+,28-,29-,30+,31+,32+,33+,34-,35+,36-,37-,38+/m0/s1. The molecule has 22 atom stereocenters. The van der Waals surface area contributed by atoms with Crippen molar-refractivity contribution in [2.45, 2.75) is 165 Å². The summed E-state index contributed by atoms with van der Waals surface area (Å²) in [6.07, 6.45) is -5.94. The summed E-state index contributed by atoms with van der Waals surface area (Å²) in [5.41, 5.74) is 0.759. The van der Waals surface area contributed by atoms with Crippen LogP contribution in [0.5, 0.6) is 0 Å². The van der Waals surface area contributed by atoms with Crippen LogP contribution in [0.1, 0.15) is 79.6 Å². The topological polar surface area (TPSA) is 197 Å². The van der Waals surface area contributed by atoms with Gasteiger partial charge in [0.25, 0.3) is 0 Å². The van der Waals surface area contributed by atoms with E-state index in [-0.39, 0.29) is 35.9 Å². The average Bonchev–Trinajstić information content (AvgIpc) is 3.53. The minimum atomic E-state index is -1.62. The van der Waals surface area contributed by atoms with E-state index in [0.717, 1.165) is 25.7 Å². The van der Waals surface area contributed by atoms with Gasteiger partial charge >= 0.3 is 0 Å². The first-order valence-corrected chi connectivity index (χ1v) is 19.4. The van der Waals surface area contributed by atoms with Crippen LogP contribution in [0.4, 0.5) is 0 Å². The van der Waals surface area contributed by atoms with Gasteiger partial charge in [-0.1, -0.05) is 39.3 Å². The molecule has 51 heavy (non-hydrogen) atoms. The second kappa shape index (κ2) is 13.2. The molecule has 8 aliphatic rings. The van der Waals surface area contributed by atoms with Crippen molar-refractivity contribution in [2.24, 2.45) is 46.3 Å². The summed E-state index contributed by atoms with van der Waals surface area (Å²) in [6, 6.07) is 0. The number of hydrogen-bond acceptors (Lipinski definition) is 13. The minimum Gasteiger partial charge on any atom is -0.393 e. The van der Waals surface area contributed by atoms with Crippen molar-refractivity contribution < 1.29 is 64.2 Å². The first kappa shape index (κ1) is 37.2. The van der Waals surface area contributed by atoms with Gasteiger partial charge in [0, 0.05) is 30.1 Å². The molecule has 8 rings (SSSR count). The van der Waals surface area contributed by atoms with Crippen LogP contribution >= 0.6 is 0 Å². The zero-order valence-corrected chi connectivity index (χ0v) is 30.5. The fourth-order valence-electron chi connectivity index (χ4n) is 12.4. The van der Waals surface area contributed by atoms with Gasteiger partial charge < -0.3 is 64.2 Å². The molecule has 4 aliphatic heterocycles. The maximum atomic E-state index is 11.1. The molecule has 13 heteroatoms. The number of allylic oxidation sites excluding steroid dienone is 1. The Bertz CT molecular complexity index is 1330. The summed E-state index contributed by atoms with van der Waals surface area (Å²) in [7, 11) is 0. The van der Waals surface area contributed by atoms with Crippen molar-refractivity contribution in [2.75, 3.05) is 13.2 Å². The molecule has 4 heterocycles. The van der Waals surface area contributed by atoms with E-state index >= 15 is 0 Å². The van der Waals surface area contributed by atoms with Crippen LogP contribution in [0.25, 0.3) is 0 Å². The molecule has 0 aromatic carbocycles. The Labute approximate surface area is 300 Å². The quantitative estimate of drug-likeness (QED) is 0.203. The zero-order chi connectivity index (χ0) is 36.4. The Morgan fingerprint density at radius 1 is 0.824 bits per heavy atom. The normalized spacial score (nSPS) is 59.8. The Hall–Kier alpha value is -0.780. The van der Waals surface area contributed by atoms with E-state index in [1.165, 1.54) is 12.5 Å². The van der Waals surface area contributed by atoms with Crippen LogP contribution in [-0.2, 0) is 28.4 Å². The van der Waals surface area contributed by atoms with Crippen LogP contribution in [0, 0.1) is 46.3 Å². The molecule has 0 aromatic heterocycles. The third-order valence-electron chi connectivity index (χ3n) is 15.4. The zero-order valence-electron chi connectivity index (χ0n) is 30.5. The van der Waals surface area contributed by atoms with Gasteiger partial charge in [0.15, 0.2) is 18.4 Å². The van der Waals surface area contributed by atoms with Crippen LogP contribution < -0.4 is 0 Å². The van der Waals surface area contributed by atoms with Crippen molar-refractivity contribution in [1.29, 1.82) is 0 Å². The number of aliphatic hydroxyl groups excluding tert-OH is 7. The number of rotatable bonds is 4. The Balaban J connectivity index is 1.04. The molecule has 7 fully saturated rings. The van der Waals surface area contributed by atoms with Gasteiger partial charge in [0.05, 0.1) is 43.7 Å². The highest BCUT2D eigenvalue weighted by Crippen LogP contribution is 2.71. The van der Waals surface area contributed by atoms with Gasteiger partial charge in [-0.15, -0.1) is 0 Å². The molecule has 0 amide bonds. The van der Waals surface area contributed by atoms with Crippen LogP contribution in [-0.4, -0.2) is 134 Å². The second-order valence-corrected chi connectivity index (χ2v) is 18.0. The number of aliphatic hydroxyl groups is 7. The highest BCUT2D eigenvalue weighted by molar-refractivity contribution is 5.29. The summed E-state index contributed by atoms with van der Waals surface area (Å²) in [6.45, 7) is 10.8. The van der Waals surface area contributed by atoms with Crippen molar-refractivity contribution >= 4 is 0 Å². The van der Waals surface area contributed by atoms with Gasteiger partial charge in [-0.05, 0) is 68.1 Å². The molecule has 13 nitrogen and oxygen atoms in total. The lowest BCUT2D eigenvalue weighted by molar-refractivity contribution is -0.362. The summed E-state index contributed by atoms with van der Waals surface area (Å²) in [5.74, 6) is 0.859. The maximum Gasteiger partial charge on any atom is 0.187 e. The summed E-state index contributed by atoms with van der Waals surface area (Å²) in [5, 5.41) is 75.0. The first-order valence-electron chi connectivity index (χ1n) is 19.4. The Morgan fingerprint density at radius 2 is 1.59 bits per heavy atom. The maximum absolute atomic E-state index is 11.1. The molecule has 4 saturated heterocycles. The number of ether oxygens (including phenoxy) is 6. The predicted molar refractivity (Wildman–Crippen MR) is 178 cm³/mol. The molecule has 0 radical (unpaired) electrons. The fraction of sp³-hybridized carbons (Fsp3) is 0.947. The van der Waals surface area contributed by atoms with E-state index in [2.05, 4.69) is 26.8 Å². The fourth-order valence-corrected chi connectivity index (χ4v) is 12.4. The minimum absolute atomic E-state index is 0.0418. The van der Waals surface area contributed by atoms with Gasteiger partial charge in [-0.25, -0.2) is 0 Å². The van der Waals surface area contributed by atoms with Crippen molar-refractivity contribution in [3.8, 4) is 0 Å². The molecular weight excluding hydrogens is 664 g/mol. The van der Waals surface area contributed by atoms with Crippen molar-refractivity contribution in [1.82, 2.24) is 0 Å². The Kier molecular flexibility index (Phi) is 9.60. The van der Waals surface area contributed by atoms with Gasteiger partial charge in [0.1, 0.15) is 36.6 Å². The smallest absolute Gasteiger partial charge is 0.187 e. The van der Waals surface area contributed by atoms with Crippen LogP contribution in [0.2, 0.25) is 0 Å². The molecule has 290 valence electrons. The summed E-state index contributed by atoms with van der Waals surface area (Å²) in [4.78, 5) is 0. The molecule has 3 saturated carbocycles. The van der Waals surface area contributed by atoms with Crippen molar-refractivity contribution in [3.05, 3.63) is 11.6 Å². The highest BCUT2D eigenvalue weighted by Gasteiger charge is 2.70. The number of fused-ring (bicyclic) bond motifs is 7. The lowest BCUT2D eigenvalue weighted by Gasteiger charge is -2.60. The second-order valence-electron chi connectivity index (χ2n) is 18.0. The van der Waals surface area contributed by atoms with E-state index in [9.17, 15) is 35.7 Å². The lowest BCUT2D eigenvalue weighted by atomic mass is 9.46. The third kappa shape index (κ3) is 5.66.